The normalized spacial score (nSPS) is 19.1. The second kappa shape index (κ2) is 7.59. The Hall–Kier alpha value is -3.33. The van der Waals surface area contributed by atoms with Gasteiger partial charge < -0.3 is 10.1 Å². The maximum atomic E-state index is 13.0. The molecule has 1 unspecified atom stereocenters. The molecule has 1 N–H and O–H groups in total. The number of carbonyl (C=O) groups excluding carboxylic acids is 2. The predicted molar refractivity (Wildman–Crippen MR) is 109 cm³/mol. The molecular weight excluding hydrogens is 366 g/mol. The van der Waals surface area contributed by atoms with Gasteiger partial charge in [-0.2, -0.15) is 5.26 Å². The number of nitrogens with one attached hydrogen (secondary N) is 1. The average Bonchev–Trinajstić information content (AvgIpc) is 2.92. The Morgan fingerprint density at radius 1 is 1.07 bits per heavy atom. The Morgan fingerprint density at radius 3 is 2.24 bits per heavy atom. The molecule has 0 radical (unpaired) electrons. The third kappa shape index (κ3) is 4.09. The lowest BCUT2D eigenvalue weighted by atomic mass is 9.84. The number of hydrogen-bond acceptors (Lipinski definition) is 4. The highest BCUT2D eigenvalue weighted by Crippen LogP contribution is 2.31. The molecule has 2 aromatic carbocycles. The molecule has 1 heterocycles. The summed E-state index contributed by atoms with van der Waals surface area (Å²) in [7, 11) is 0. The smallest absolute Gasteiger partial charge is 0.325 e. The lowest BCUT2D eigenvalue weighted by molar-refractivity contribution is -0.131. The Bertz CT molecular complexity index is 953. The molecule has 29 heavy (non-hydrogen) atoms. The fourth-order valence-corrected chi connectivity index (χ4v) is 3.28. The van der Waals surface area contributed by atoms with Gasteiger partial charge in [0.05, 0.1) is 18.2 Å². The van der Waals surface area contributed by atoms with Crippen molar-refractivity contribution in [2.75, 3.05) is 13.2 Å². The van der Waals surface area contributed by atoms with Gasteiger partial charge in [0.25, 0.3) is 5.91 Å². The van der Waals surface area contributed by atoms with Crippen LogP contribution in [0.15, 0.2) is 48.5 Å². The molecule has 2 aromatic rings. The lowest BCUT2D eigenvalue weighted by Crippen LogP contribution is -2.41. The molecule has 3 rings (SSSR count). The van der Waals surface area contributed by atoms with Crippen LogP contribution in [-0.2, 0) is 15.7 Å². The fraction of sp³-hybridized carbons (Fsp3) is 0.348. The minimum atomic E-state index is -1.10. The molecule has 1 aliphatic rings. The molecular formula is C23H25N3O3. The zero-order chi connectivity index (χ0) is 21.2. The minimum Gasteiger partial charge on any atom is -0.492 e. The van der Waals surface area contributed by atoms with Crippen molar-refractivity contribution in [3.63, 3.8) is 0 Å². The first-order valence-corrected chi connectivity index (χ1v) is 9.53. The van der Waals surface area contributed by atoms with Crippen LogP contribution in [0.3, 0.4) is 0 Å². The van der Waals surface area contributed by atoms with Crippen molar-refractivity contribution >= 4 is 11.9 Å². The first-order chi connectivity index (χ1) is 13.6. The summed E-state index contributed by atoms with van der Waals surface area (Å²) in [6.07, 6.45) is 0. The number of rotatable bonds is 5. The molecule has 6 heteroatoms. The highest BCUT2D eigenvalue weighted by atomic mass is 16.5. The number of hydrogen-bond donors (Lipinski definition) is 1. The number of benzene rings is 2. The van der Waals surface area contributed by atoms with Crippen molar-refractivity contribution in [2.24, 2.45) is 0 Å². The van der Waals surface area contributed by atoms with Gasteiger partial charge in [-0.1, -0.05) is 45.0 Å². The first-order valence-electron chi connectivity index (χ1n) is 9.53. The van der Waals surface area contributed by atoms with Crippen LogP contribution < -0.4 is 10.1 Å². The van der Waals surface area contributed by atoms with Crippen LogP contribution in [0, 0.1) is 11.3 Å². The highest BCUT2D eigenvalue weighted by molar-refractivity contribution is 6.07. The van der Waals surface area contributed by atoms with E-state index < -0.39 is 11.6 Å². The summed E-state index contributed by atoms with van der Waals surface area (Å²) in [5.41, 5.74) is 1.37. The van der Waals surface area contributed by atoms with Crippen LogP contribution in [0.1, 0.15) is 44.4 Å². The van der Waals surface area contributed by atoms with Gasteiger partial charge in [0.2, 0.25) is 0 Å². The summed E-state index contributed by atoms with van der Waals surface area (Å²) in [4.78, 5) is 26.6. The van der Waals surface area contributed by atoms with Crippen LogP contribution in [-0.4, -0.2) is 30.0 Å². The summed E-state index contributed by atoms with van der Waals surface area (Å²) >= 11 is 0. The number of nitriles is 1. The number of amides is 3. The Balaban J connectivity index is 1.67. The second-order valence-electron chi connectivity index (χ2n) is 8.32. The first kappa shape index (κ1) is 20.4. The quantitative estimate of drug-likeness (QED) is 0.788. The largest absolute Gasteiger partial charge is 0.492 e. The molecule has 1 aliphatic heterocycles. The number of nitrogens with zero attached hydrogens (tertiary/aromatic N) is 2. The molecule has 0 saturated carbocycles. The zero-order valence-corrected chi connectivity index (χ0v) is 17.2. The monoisotopic (exact) mass is 391 g/mol. The number of ether oxygens (including phenoxy) is 1. The molecule has 0 aliphatic carbocycles. The van der Waals surface area contributed by atoms with Gasteiger partial charge in [-0.25, -0.2) is 4.79 Å². The van der Waals surface area contributed by atoms with Crippen LogP contribution in [0.4, 0.5) is 4.79 Å². The van der Waals surface area contributed by atoms with Gasteiger partial charge >= 0.3 is 6.03 Å². The van der Waals surface area contributed by atoms with Gasteiger partial charge in [0, 0.05) is 0 Å². The van der Waals surface area contributed by atoms with E-state index in [1.807, 2.05) is 30.3 Å². The van der Waals surface area contributed by atoms with E-state index in [9.17, 15) is 9.59 Å². The molecule has 1 atom stereocenters. The van der Waals surface area contributed by atoms with Gasteiger partial charge in [-0.3, -0.25) is 9.69 Å². The molecule has 150 valence electrons. The fourth-order valence-electron chi connectivity index (χ4n) is 3.28. The zero-order valence-electron chi connectivity index (χ0n) is 17.2. The summed E-state index contributed by atoms with van der Waals surface area (Å²) in [6.45, 7) is 8.41. The molecule has 1 fully saturated rings. The predicted octanol–water partition coefficient (Wildman–Crippen LogP) is 3.70. The molecule has 6 nitrogen and oxygen atoms in total. The number of urea groups is 1. The van der Waals surface area contributed by atoms with Crippen molar-refractivity contribution in [1.29, 1.82) is 5.26 Å². The molecule has 0 bridgehead atoms. The topological polar surface area (TPSA) is 82.4 Å². The Kier molecular flexibility index (Phi) is 5.34. The van der Waals surface area contributed by atoms with E-state index in [4.69, 9.17) is 10.00 Å². The summed E-state index contributed by atoms with van der Waals surface area (Å²) in [6, 6.07) is 16.1. The molecule has 1 saturated heterocycles. The van der Waals surface area contributed by atoms with Gasteiger partial charge in [-0.15, -0.1) is 0 Å². The van der Waals surface area contributed by atoms with E-state index in [1.165, 1.54) is 4.90 Å². The van der Waals surface area contributed by atoms with Crippen LogP contribution in [0.5, 0.6) is 5.75 Å². The van der Waals surface area contributed by atoms with Crippen molar-refractivity contribution in [3.8, 4) is 11.8 Å². The SMILES string of the molecule is CC(C)(C)c1ccc(C2(C)NC(=O)N(CCOc3ccc(C#N)cc3)C2=O)cc1. The maximum absolute atomic E-state index is 13.0. The van der Waals surface area contributed by atoms with Crippen molar-refractivity contribution in [1.82, 2.24) is 10.2 Å². The Labute approximate surface area is 171 Å². The van der Waals surface area contributed by atoms with Crippen LogP contribution in [0.2, 0.25) is 0 Å². The average molecular weight is 391 g/mol. The second-order valence-corrected chi connectivity index (χ2v) is 8.32. The van der Waals surface area contributed by atoms with Gasteiger partial charge in [0.1, 0.15) is 17.9 Å². The minimum absolute atomic E-state index is 0.0111. The third-order valence-electron chi connectivity index (χ3n) is 5.17. The summed E-state index contributed by atoms with van der Waals surface area (Å²) in [5.74, 6) is 0.283. The molecule has 0 spiro atoms. The van der Waals surface area contributed by atoms with Crippen LogP contribution >= 0.6 is 0 Å². The summed E-state index contributed by atoms with van der Waals surface area (Å²) < 4.78 is 5.61. The highest BCUT2D eigenvalue weighted by Gasteiger charge is 2.48. The molecule has 0 aromatic heterocycles. The number of carbonyl (C=O) groups is 2. The maximum Gasteiger partial charge on any atom is 0.325 e. The van der Waals surface area contributed by atoms with E-state index in [0.717, 1.165) is 11.1 Å². The Morgan fingerprint density at radius 2 is 1.69 bits per heavy atom. The van der Waals surface area contributed by atoms with E-state index >= 15 is 0 Å². The van der Waals surface area contributed by atoms with Crippen LogP contribution in [0.25, 0.3) is 0 Å². The summed E-state index contributed by atoms with van der Waals surface area (Å²) in [5, 5.41) is 11.6. The van der Waals surface area contributed by atoms with Gasteiger partial charge in [-0.05, 0) is 47.7 Å². The van der Waals surface area contributed by atoms with E-state index in [-0.39, 0.29) is 24.5 Å². The van der Waals surface area contributed by atoms with Crippen molar-refractivity contribution in [2.45, 2.75) is 38.6 Å². The van der Waals surface area contributed by atoms with Gasteiger partial charge in [0.15, 0.2) is 0 Å². The molecule has 3 amide bonds. The van der Waals surface area contributed by atoms with Crippen molar-refractivity contribution in [3.05, 3.63) is 65.2 Å². The van der Waals surface area contributed by atoms with E-state index in [1.54, 1.807) is 31.2 Å². The standard InChI is InChI=1S/C23H25N3O3/c1-22(2,3)17-7-9-18(10-8-17)23(4)20(27)26(21(28)25-23)13-14-29-19-11-5-16(15-24)6-12-19/h5-12H,13-14H2,1-4H3,(H,25,28). The lowest BCUT2D eigenvalue weighted by Gasteiger charge is -2.24. The van der Waals surface area contributed by atoms with E-state index in [2.05, 4.69) is 26.1 Å². The third-order valence-corrected chi connectivity index (χ3v) is 5.17. The van der Waals surface area contributed by atoms with Crippen molar-refractivity contribution < 1.29 is 14.3 Å². The number of imide groups is 1. The van der Waals surface area contributed by atoms with E-state index in [0.29, 0.717) is 11.3 Å².